The molecule has 0 aliphatic carbocycles. The molecule has 0 fully saturated rings. The van der Waals surface area contributed by atoms with Crippen molar-refractivity contribution in [2.24, 2.45) is 0 Å². The van der Waals surface area contributed by atoms with Crippen LogP contribution in [-0.4, -0.2) is 7.38 Å². The number of hydrogen-bond acceptors (Lipinski definition) is 0. The Bertz CT molecular complexity index is 553. The second-order valence-electron chi connectivity index (χ2n) is 4.90. The average molecular weight is 273 g/mol. The van der Waals surface area contributed by atoms with Crippen molar-refractivity contribution in [3.63, 3.8) is 0 Å². The largest absolute Gasteiger partial charge is 0.180 e. The van der Waals surface area contributed by atoms with E-state index >= 15 is 0 Å². The van der Waals surface area contributed by atoms with Gasteiger partial charge in [-0.2, -0.15) is 11.1 Å². The lowest BCUT2D eigenvalue weighted by Crippen LogP contribution is -2.35. The molecule has 0 amide bonds. The Morgan fingerprint density at radius 3 is 2.17 bits per heavy atom. The molecular weight excluding hydrogens is 256 g/mol. The van der Waals surface area contributed by atoms with E-state index in [1.165, 1.54) is 5.19 Å². The van der Waals surface area contributed by atoms with E-state index < -0.39 is 7.38 Å². The molecule has 0 aromatic heterocycles. The first kappa shape index (κ1) is 13.1. The maximum absolute atomic E-state index is 6.49. The van der Waals surface area contributed by atoms with E-state index in [1.54, 1.807) is 0 Å². The molecule has 18 heavy (non-hydrogen) atoms. The van der Waals surface area contributed by atoms with Gasteiger partial charge in [-0.1, -0.05) is 74.3 Å². The molecule has 0 bridgehead atoms. The average Bonchev–Trinajstić information content (AvgIpc) is 2.38. The Balaban J connectivity index is 2.38. The number of benzene rings is 2. The lowest BCUT2D eigenvalue weighted by Gasteiger charge is -2.15. The summed E-state index contributed by atoms with van der Waals surface area (Å²) in [6.45, 7) is 8.47. The standard InChI is InChI=1S/C16H17ClSi/c1-13(14-8-5-4-6-9-14)15-10-7-11-16(12-15)18(2,3)17/h4-12H,1H2,2-3H3. The molecule has 2 aromatic carbocycles. The van der Waals surface area contributed by atoms with Crippen LogP contribution in [0.2, 0.25) is 13.1 Å². The Morgan fingerprint density at radius 2 is 1.56 bits per heavy atom. The lowest BCUT2D eigenvalue weighted by atomic mass is 10.00. The van der Waals surface area contributed by atoms with Crippen LogP contribution in [-0.2, 0) is 0 Å². The fourth-order valence-electron chi connectivity index (χ4n) is 1.88. The molecule has 0 aliphatic rings. The van der Waals surface area contributed by atoms with Crippen LogP contribution >= 0.6 is 11.1 Å². The fourth-order valence-corrected chi connectivity index (χ4v) is 3.23. The molecule has 0 saturated heterocycles. The minimum Gasteiger partial charge on any atom is -0.162 e. The summed E-state index contributed by atoms with van der Waals surface area (Å²) in [5.74, 6) is 0. The Hall–Kier alpha value is -1.31. The Kier molecular flexibility index (Phi) is 3.74. The van der Waals surface area contributed by atoms with Crippen LogP contribution in [0.15, 0.2) is 61.2 Å². The Labute approximate surface area is 115 Å². The highest BCUT2D eigenvalue weighted by molar-refractivity contribution is 7.26. The maximum atomic E-state index is 6.49. The number of rotatable bonds is 3. The lowest BCUT2D eigenvalue weighted by molar-refractivity contribution is 1.57. The van der Waals surface area contributed by atoms with E-state index in [4.69, 9.17) is 11.1 Å². The first-order valence-electron chi connectivity index (χ1n) is 6.02. The van der Waals surface area contributed by atoms with Gasteiger partial charge in [0.05, 0.1) is 0 Å². The quantitative estimate of drug-likeness (QED) is 0.574. The van der Waals surface area contributed by atoms with E-state index in [9.17, 15) is 0 Å². The van der Waals surface area contributed by atoms with Gasteiger partial charge in [-0.15, -0.1) is 0 Å². The van der Waals surface area contributed by atoms with E-state index in [0.717, 1.165) is 16.7 Å². The predicted molar refractivity (Wildman–Crippen MR) is 84.0 cm³/mol. The number of hydrogen-bond donors (Lipinski definition) is 0. The summed E-state index contributed by atoms with van der Waals surface area (Å²) in [4.78, 5) is 0. The van der Waals surface area contributed by atoms with Crippen molar-refractivity contribution in [1.29, 1.82) is 0 Å². The molecule has 2 rings (SSSR count). The van der Waals surface area contributed by atoms with Crippen molar-refractivity contribution in [1.82, 2.24) is 0 Å². The van der Waals surface area contributed by atoms with Crippen LogP contribution in [0, 0.1) is 0 Å². The zero-order valence-corrected chi connectivity index (χ0v) is 12.5. The van der Waals surface area contributed by atoms with E-state index in [0.29, 0.717) is 0 Å². The number of halogens is 1. The SMILES string of the molecule is C=C(c1ccccc1)c1cccc([Si](C)(C)Cl)c1. The smallest absolute Gasteiger partial charge is 0.162 e. The summed E-state index contributed by atoms with van der Waals surface area (Å²) < 4.78 is 0. The van der Waals surface area contributed by atoms with E-state index in [1.807, 2.05) is 18.2 Å². The third-order valence-corrected chi connectivity index (χ3v) is 5.36. The van der Waals surface area contributed by atoms with Crippen LogP contribution in [0.5, 0.6) is 0 Å². The van der Waals surface area contributed by atoms with Crippen molar-refractivity contribution in [2.45, 2.75) is 13.1 Å². The highest BCUT2D eigenvalue weighted by atomic mass is 35.6. The molecule has 0 atom stereocenters. The van der Waals surface area contributed by atoms with E-state index in [2.05, 4.69) is 56.1 Å². The van der Waals surface area contributed by atoms with Gasteiger partial charge in [-0.05, 0) is 21.9 Å². The van der Waals surface area contributed by atoms with Gasteiger partial charge >= 0.3 is 0 Å². The molecule has 0 aliphatic heterocycles. The molecule has 0 saturated carbocycles. The fraction of sp³-hybridized carbons (Fsp3) is 0.125. The Morgan fingerprint density at radius 1 is 0.944 bits per heavy atom. The predicted octanol–water partition coefficient (Wildman–Crippen LogP) is 4.40. The monoisotopic (exact) mass is 272 g/mol. The van der Waals surface area contributed by atoms with Crippen LogP contribution in [0.4, 0.5) is 0 Å². The van der Waals surface area contributed by atoms with Crippen LogP contribution < -0.4 is 5.19 Å². The zero-order chi connectivity index (χ0) is 13.2. The van der Waals surface area contributed by atoms with Crippen molar-refractivity contribution in [3.8, 4) is 0 Å². The highest BCUT2D eigenvalue weighted by Crippen LogP contribution is 2.21. The van der Waals surface area contributed by atoms with Gasteiger partial charge in [0, 0.05) is 0 Å². The normalized spacial score (nSPS) is 11.3. The van der Waals surface area contributed by atoms with Gasteiger partial charge in [0.1, 0.15) is 0 Å². The molecule has 2 heteroatoms. The van der Waals surface area contributed by atoms with E-state index in [-0.39, 0.29) is 0 Å². The van der Waals surface area contributed by atoms with Gasteiger partial charge in [-0.3, -0.25) is 0 Å². The molecule has 0 N–H and O–H groups in total. The van der Waals surface area contributed by atoms with Crippen LogP contribution in [0.1, 0.15) is 11.1 Å². The van der Waals surface area contributed by atoms with Crippen molar-refractivity contribution in [2.75, 3.05) is 0 Å². The van der Waals surface area contributed by atoms with Crippen molar-refractivity contribution in [3.05, 3.63) is 72.3 Å². The minimum atomic E-state index is -1.78. The molecule has 0 nitrogen and oxygen atoms in total. The molecule has 2 aromatic rings. The van der Waals surface area contributed by atoms with Crippen molar-refractivity contribution >= 4 is 29.2 Å². The first-order valence-corrected chi connectivity index (χ1v) is 10.0. The van der Waals surface area contributed by atoms with Crippen LogP contribution in [0.25, 0.3) is 5.57 Å². The molecule has 92 valence electrons. The summed E-state index contributed by atoms with van der Waals surface area (Å²) in [6.07, 6.45) is 0. The first-order chi connectivity index (χ1) is 8.48. The van der Waals surface area contributed by atoms with Gasteiger partial charge in [0.2, 0.25) is 0 Å². The van der Waals surface area contributed by atoms with Gasteiger partial charge in [0.25, 0.3) is 0 Å². The maximum Gasteiger partial charge on any atom is 0.180 e. The second-order valence-corrected chi connectivity index (χ2v) is 11.3. The molecule has 0 spiro atoms. The molecule has 0 unspecified atom stereocenters. The molecule has 0 radical (unpaired) electrons. The van der Waals surface area contributed by atoms with Gasteiger partial charge in [-0.25, -0.2) is 0 Å². The highest BCUT2D eigenvalue weighted by Gasteiger charge is 2.20. The third kappa shape index (κ3) is 2.92. The van der Waals surface area contributed by atoms with Crippen molar-refractivity contribution < 1.29 is 0 Å². The summed E-state index contributed by atoms with van der Waals surface area (Å²) in [7, 11) is -1.78. The minimum absolute atomic E-state index is 1.05. The topological polar surface area (TPSA) is 0 Å². The van der Waals surface area contributed by atoms with Gasteiger partial charge in [0.15, 0.2) is 7.38 Å². The third-order valence-electron chi connectivity index (χ3n) is 3.02. The summed E-state index contributed by atoms with van der Waals surface area (Å²) in [6, 6.07) is 18.7. The zero-order valence-electron chi connectivity index (χ0n) is 10.8. The second kappa shape index (κ2) is 5.13. The van der Waals surface area contributed by atoms with Crippen LogP contribution in [0.3, 0.4) is 0 Å². The summed E-state index contributed by atoms with van der Waals surface area (Å²) >= 11 is 6.49. The summed E-state index contributed by atoms with van der Waals surface area (Å²) in [5, 5.41) is 1.25. The summed E-state index contributed by atoms with van der Waals surface area (Å²) in [5.41, 5.74) is 3.36. The molecular formula is C16H17ClSi. The molecule has 0 heterocycles. The van der Waals surface area contributed by atoms with Gasteiger partial charge < -0.3 is 0 Å².